The Morgan fingerprint density at radius 2 is 2.09 bits per heavy atom. The molecule has 1 N–H and O–H groups in total. The van der Waals surface area contributed by atoms with E-state index >= 15 is 0 Å². The molecule has 0 aromatic heterocycles. The molecule has 0 saturated carbocycles. The monoisotopic (exact) mass is 320 g/mol. The van der Waals surface area contributed by atoms with E-state index in [0.717, 1.165) is 49.8 Å². The third-order valence-corrected chi connectivity index (χ3v) is 5.27. The second-order valence-electron chi connectivity index (χ2n) is 6.53. The van der Waals surface area contributed by atoms with Crippen molar-refractivity contribution in [3.8, 4) is 0 Å². The van der Waals surface area contributed by atoms with Gasteiger partial charge in [-0.25, -0.2) is 0 Å². The SMILES string of the molecule is O=C(CCC1CCNCC1)N1CCCC1c1cccc(Cl)c1. The number of amides is 1. The number of rotatable bonds is 4. The Labute approximate surface area is 138 Å². The van der Waals surface area contributed by atoms with E-state index in [1.54, 1.807) is 0 Å². The van der Waals surface area contributed by atoms with E-state index < -0.39 is 0 Å². The van der Waals surface area contributed by atoms with Gasteiger partial charge in [-0.1, -0.05) is 23.7 Å². The average Bonchev–Trinajstić information content (AvgIpc) is 3.03. The molecule has 1 aromatic carbocycles. The fraction of sp³-hybridized carbons (Fsp3) is 0.611. The number of carbonyl (C=O) groups is 1. The molecule has 120 valence electrons. The topological polar surface area (TPSA) is 32.3 Å². The molecule has 0 aliphatic carbocycles. The molecule has 0 radical (unpaired) electrons. The van der Waals surface area contributed by atoms with Gasteiger partial charge < -0.3 is 10.2 Å². The molecular weight excluding hydrogens is 296 g/mol. The smallest absolute Gasteiger partial charge is 0.223 e. The zero-order chi connectivity index (χ0) is 15.4. The van der Waals surface area contributed by atoms with Crippen molar-refractivity contribution in [3.63, 3.8) is 0 Å². The van der Waals surface area contributed by atoms with E-state index in [4.69, 9.17) is 11.6 Å². The summed E-state index contributed by atoms with van der Waals surface area (Å²) in [4.78, 5) is 14.7. The van der Waals surface area contributed by atoms with Crippen molar-refractivity contribution in [3.05, 3.63) is 34.9 Å². The van der Waals surface area contributed by atoms with Crippen LogP contribution in [0, 0.1) is 5.92 Å². The molecule has 2 aliphatic rings. The number of carbonyl (C=O) groups excluding carboxylic acids is 1. The lowest BCUT2D eigenvalue weighted by atomic mass is 9.93. The van der Waals surface area contributed by atoms with Crippen molar-refractivity contribution < 1.29 is 4.79 Å². The van der Waals surface area contributed by atoms with E-state index in [1.165, 1.54) is 18.4 Å². The van der Waals surface area contributed by atoms with Crippen molar-refractivity contribution in [1.82, 2.24) is 10.2 Å². The van der Waals surface area contributed by atoms with Crippen molar-refractivity contribution in [2.24, 2.45) is 5.92 Å². The maximum absolute atomic E-state index is 12.6. The number of nitrogens with one attached hydrogen (secondary N) is 1. The van der Waals surface area contributed by atoms with Crippen LogP contribution >= 0.6 is 11.6 Å². The highest BCUT2D eigenvalue weighted by atomic mass is 35.5. The van der Waals surface area contributed by atoms with Crippen molar-refractivity contribution >= 4 is 17.5 Å². The second-order valence-corrected chi connectivity index (χ2v) is 6.97. The third kappa shape index (κ3) is 3.82. The summed E-state index contributed by atoms with van der Waals surface area (Å²) in [5, 5.41) is 4.14. The molecule has 0 bridgehead atoms. The van der Waals surface area contributed by atoms with Gasteiger partial charge in [0.2, 0.25) is 5.91 Å². The quantitative estimate of drug-likeness (QED) is 0.915. The van der Waals surface area contributed by atoms with Gasteiger partial charge in [0.15, 0.2) is 0 Å². The van der Waals surface area contributed by atoms with Gasteiger partial charge in [-0.2, -0.15) is 0 Å². The van der Waals surface area contributed by atoms with Crippen LogP contribution in [-0.2, 0) is 4.79 Å². The third-order valence-electron chi connectivity index (χ3n) is 5.03. The number of hydrogen-bond donors (Lipinski definition) is 1. The van der Waals surface area contributed by atoms with Crippen molar-refractivity contribution in [1.29, 1.82) is 0 Å². The lowest BCUT2D eigenvalue weighted by Crippen LogP contribution is -2.32. The Hall–Kier alpha value is -1.06. The molecule has 4 heteroatoms. The summed E-state index contributed by atoms with van der Waals surface area (Å²) in [6, 6.07) is 8.19. The second kappa shape index (κ2) is 7.47. The van der Waals surface area contributed by atoms with Gasteiger partial charge in [-0.15, -0.1) is 0 Å². The van der Waals surface area contributed by atoms with Crippen LogP contribution in [0.3, 0.4) is 0 Å². The highest BCUT2D eigenvalue weighted by Gasteiger charge is 2.30. The molecule has 1 unspecified atom stereocenters. The van der Waals surface area contributed by atoms with Crippen LogP contribution in [-0.4, -0.2) is 30.4 Å². The zero-order valence-electron chi connectivity index (χ0n) is 13.1. The fourth-order valence-corrected chi connectivity index (χ4v) is 3.97. The minimum Gasteiger partial charge on any atom is -0.336 e. The van der Waals surface area contributed by atoms with Gasteiger partial charge in [0, 0.05) is 18.0 Å². The van der Waals surface area contributed by atoms with Gasteiger partial charge in [0.05, 0.1) is 6.04 Å². The van der Waals surface area contributed by atoms with E-state index in [-0.39, 0.29) is 6.04 Å². The van der Waals surface area contributed by atoms with Crippen LogP contribution in [0.25, 0.3) is 0 Å². The Morgan fingerprint density at radius 3 is 2.86 bits per heavy atom. The molecule has 0 spiro atoms. The standard InChI is InChI=1S/C18H25ClN2O/c19-16-4-1-3-15(13-16)17-5-2-12-21(17)18(22)7-6-14-8-10-20-11-9-14/h1,3-4,13-14,17,20H,2,5-12H2. The largest absolute Gasteiger partial charge is 0.336 e. The number of likely N-dealkylation sites (tertiary alicyclic amines) is 1. The minimum atomic E-state index is 0.222. The highest BCUT2D eigenvalue weighted by Crippen LogP contribution is 2.34. The summed E-state index contributed by atoms with van der Waals surface area (Å²) in [7, 11) is 0. The number of piperidine rings is 1. The normalized spacial score (nSPS) is 23.0. The Morgan fingerprint density at radius 1 is 1.27 bits per heavy atom. The van der Waals surface area contributed by atoms with Crippen LogP contribution in [0.5, 0.6) is 0 Å². The van der Waals surface area contributed by atoms with Crippen LogP contribution in [0.4, 0.5) is 0 Å². The first kappa shape index (κ1) is 15.8. The van der Waals surface area contributed by atoms with Crippen molar-refractivity contribution in [2.75, 3.05) is 19.6 Å². The molecule has 2 fully saturated rings. The Balaban J connectivity index is 1.58. The predicted molar refractivity (Wildman–Crippen MR) is 90.0 cm³/mol. The predicted octanol–water partition coefficient (Wildman–Crippen LogP) is 3.78. The zero-order valence-corrected chi connectivity index (χ0v) is 13.8. The van der Waals surface area contributed by atoms with E-state index in [2.05, 4.69) is 16.3 Å². The Kier molecular flexibility index (Phi) is 5.37. The fourth-order valence-electron chi connectivity index (χ4n) is 3.77. The van der Waals surface area contributed by atoms with Crippen LogP contribution in [0.2, 0.25) is 5.02 Å². The molecular formula is C18H25ClN2O. The summed E-state index contributed by atoms with van der Waals surface area (Å²) >= 11 is 6.10. The van der Waals surface area contributed by atoms with Gasteiger partial charge in [-0.05, 0) is 68.8 Å². The van der Waals surface area contributed by atoms with Crippen LogP contribution in [0.15, 0.2) is 24.3 Å². The summed E-state index contributed by atoms with van der Waals surface area (Å²) in [5.74, 6) is 1.04. The van der Waals surface area contributed by atoms with Crippen LogP contribution in [0.1, 0.15) is 50.1 Å². The van der Waals surface area contributed by atoms with E-state index in [1.807, 2.05) is 18.2 Å². The molecule has 3 rings (SSSR count). The lowest BCUT2D eigenvalue weighted by Gasteiger charge is -2.27. The molecule has 1 atom stereocenters. The molecule has 3 nitrogen and oxygen atoms in total. The first-order chi connectivity index (χ1) is 10.7. The average molecular weight is 321 g/mol. The van der Waals surface area contributed by atoms with Gasteiger partial charge in [-0.3, -0.25) is 4.79 Å². The maximum Gasteiger partial charge on any atom is 0.223 e. The molecule has 2 aliphatic heterocycles. The van der Waals surface area contributed by atoms with Gasteiger partial charge >= 0.3 is 0 Å². The first-order valence-corrected chi connectivity index (χ1v) is 8.87. The van der Waals surface area contributed by atoms with E-state index in [9.17, 15) is 4.79 Å². The molecule has 1 aromatic rings. The summed E-state index contributed by atoms with van der Waals surface area (Å²) < 4.78 is 0. The number of halogens is 1. The van der Waals surface area contributed by atoms with Gasteiger partial charge in [0.25, 0.3) is 0 Å². The molecule has 2 saturated heterocycles. The highest BCUT2D eigenvalue weighted by molar-refractivity contribution is 6.30. The maximum atomic E-state index is 12.6. The first-order valence-electron chi connectivity index (χ1n) is 8.49. The summed E-state index contributed by atoms with van der Waals surface area (Å²) in [6.07, 6.45) is 6.31. The van der Waals surface area contributed by atoms with E-state index in [0.29, 0.717) is 12.3 Å². The summed E-state index contributed by atoms with van der Waals surface area (Å²) in [6.45, 7) is 3.10. The minimum absolute atomic E-state index is 0.222. The molecule has 22 heavy (non-hydrogen) atoms. The van der Waals surface area contributed by atoms with Crippen molar-refractivity contribution in [2.45, 2.75) is 44.6 Å². The number of nitrogens with zero attached hydrogens (tertiary/aromatic N) is 1. The Bertz CT molecular complexity index is 514. The number of benzene rings is 1. The van der Waals surface area contributed by atoms with Gasteiger partial charge in [0.1, 0.15) is 0 Å². The molecule has 1 amide bonds. The number of hydrogen-bond acceptors (Lipinski definition) is 2. The van der Waals surface area contributed by atoms with Crippen LogP contribution < -0.4 is 5.32 Å². The lowest BCUT2D eigenvalue weighted by molar-refractivity contribution is -0.132. The molecule has 2 heterocycles. The summed E-state index contributed by atoms with van der Waals surface area (Å²) in [5.41, 5.74) is 1.18.